The van der Waals surface area contributed by atoms with Crippen molar-refractivity contribution >= 4 is 54.1 Å². The Balaban J connectivity index is 1.96. The number of hydrogen-bond acceptors (Lipinski definition) is 9. The van der Waals surface area contributed by atoms with Gasteiger partial charge in [0.1, 0.15) is 5.69 Å². The van der Waals surface area contributed by atoms with Crippen LogP contribution in [0.4, 0.5) is 16.5 Å². The molecule has 0 saturated carbocycles. The highest BCUT2D eigenvalue weighted by atomic mass is 32.2. The monoisotopic (exact) mass is 422 g/mol. The van der Waals surface area contributed by atoms with Gasteiger partial charge in [-0.15, -0.1) is 0 Å². The predicted octanol–water partition coefficient (Wildman–Crippen LogP) is 2.77. The number of aromatic nitrogens is 1. The lowest BCUT2D eigenvalue weighted by molar-refractivity contribution is -0.384. The van der Waals surface area contributed by atoms with E-state index in [-0.39, 0.29) is 17.2 Å². The summed E-state index contributed by atoms with van der Waals surface area (Å²) < 4.78 is 28.5. The third-order valence-electron chi connectivity index (χ3n) is 3.64. The van der Waals surface area contributed by atoms with Crippen molar-refractivity contribution in [3.63, 3.8) is 0 Å². The van der Waals surface area contributed by atoms with E-state index in [0.717, 1.165) is 12.1 Å². The van der Waals surface area contributed by atoms with Gasteiger partial charge in [0.05, 0.1) is 32.2 Å². The van der Waals surface area contributed by atoms with Crippen LogP contribution < -0.4 is 10.5 Å². The van der Waals surface area contributed by atoms with E-state index in [4.69, 9.17) is 9.88 Å². The Kier molecular flexibility index (Phi) is 5.27. The maximum Gasteiger partial charge on any atom is 0.338 e. The fraction of sp³-hybridized carbons (Fsp3) is 0.125. The number of nitrogens with one attached hydrogen (secondary N) is 1. The molecule has 0 fully saturated rings. The van der Waals surface area contributed by atoms with Crippen molar-refractivity contribution in [3.8, 4) is 0 Å². The van der Waals surface area contributed by atoms with Gasteiger partial charge in [-0.25, -0.2) is 23.3 Å². The molecule has 3 aromatic rings. The minimum absolute atomic E-state index is 0.0575. The van der Waals surface area contributed by atoms with E-state index in [0.29, 0.717) is 20.9 Å². The first-order valence-electron chi connectivity index (χ1n) is 7.85. The highest BCUT2D eigenvalue weighted by Crippen LogP contribution is 2.33. The van der Waals surface area contributed by atoms with Gasteiger partial charge in [-0.2, -0.15) is 0 Å². The number of rotatable bonds is 6. The summed E-state index contributed by atoms with van der Waals surface area (Å²) in [5, 5.41) is 19.5. The molecule has 0 atom stereocenters. The van der Waals surface area contributed by atoms with Crippen LogP contribution >= 0.6 is 11.3 Å². The molecule has 0 aliphatic carbocycles. The van der Waals surface area contributed by atoms with Crippen LogP contribution in [0.3, 0.4) is 0 Å². The summed E-state index contributed by atoms with van der Waals surface area (Å²) in [6.07, 6.45) is 0. The number of thiazole rings is 1. The van der Waals surface area contributed by atoms with Crippen LogP contribution in [0.5, 0.6) is 0 Å². The third-order valence-corrected chi connectivity index (χ3v) is 5.48. The molecule has 146 valence electrons. The van der Waals surface area contributed by atoms with Gasteiger partial charge in [0.25, 0.3) is 5.69 Å². The summed E-state index contributed by atoms with van der Waals surface area (Å²) >= 11 is 1.18. The summed E-state index contributed by atoms with van der Waals surface area (Å²) in [4.78, 5) is 26.4. The van der Waals surface area contributed by atoms with Crippen molar-refractivity contribution < 1.29 is 22.9 Å². The Bertz CT molecular complexity index is 1190. The van der Waals surface area contributed by atoms with Gasteiger partial charge in [0.2, 0.25) is 10.0 Å². The number of benzene rings is 2. The summed E-state index contributed by atoms with van der Waals surface area (Å²) in [7, 11) is -4.08. The zero-order chi connectivity index (χ0) is 20.5. The number of hydrogen-bond donors (Lipinski definition) is 2. The number of carbonyl (C=O) groups is 1. The lowest BCUT2D eigenvalue weighted by atomic mass is 10.2. The first-order valence-corrected chi connectivity index (χ1v) is 10.2. The lowest BCUT2D eigenvalue weighted by Crippen LogP contribution is -2.12. The smallest absolute Gasteiger partial charge is 0.338 e. The fourth-order valence-electron chi connectivity index (χ4n) is 2.38. The number of primary sulfonamides is 1. The Labute approximate surface area is 163 Å². The molecular weight excluding hydrogens is 408 g/mol. The number of fused-ring (bicyclic) bond motifs is 1. The molecule has 2 aromatic carbocycles. The standard InChI is InChI=1S/C16H14N4O6S2/c1-2-26-15(21)9-3-5-12-14(7-9)27-16(19-12)18-11-6-4-10(28(17,24)25)8-13(11)20(22)23/h3-8H,2H2,1H3,(H,18,19)(H2,17,24,25). The highest BCUT2D eigenvalue weighted by molar-refractivity contribution is 7.89. The molecule has 0 aliphatic heterocycles. The van der Waals surface area contributed by atoms with Crippen LogP contribution in [0.15, 0.2) is 41.3 Å². The molecule has 28 heavy (non-hydrogen) atoms. The molecule has 1 heterocycles. The van der Waals surface area contributed by atoms with Gasteiger partial charge in [0.15, 0.2) is 5.13 Å². The molecular formula is C16H14N4O6S2. The molecule has 0 bridgehead atoms. The average Bonchev–Trinajstić information content (AvgIpc) is 3.02. The van der Waals surface area contributed by atoms with E-state index in [2.05, 4.69) is 10.3 Å². The number of anilines is 2. The molecule has 10 nitrogen and oxygen atoms in total. The van der Waals surface area contributed by atoms with Gasteiger partial charge in [-0.05, 0) is 37.3 Å². The van der Waals surface area contributed by atoms with Crippen molar-refractivity contribution in [2.45, 2.75) is 11.8 Å². The van der Waals surface area contributed by atoms with Crippen LogP contribution in [-0.2, 0) is 14.8 Å². The van der Waals surface area contributed by atoms with Crippen LogP contribution in [0, 0.1) is 10.1 Å². The molecule has 0 unspecified atom stereocenters. The first kappa shape index (κ1) is 19.7. The Hall–Kier alpha value is -3.09. The Morgan fingerprint density at radius 3 is 2.71 bits per heavy atom. The number of nitrogens with zero attached hydrogens (tertiary/aromatic N) is 2. The van der Waals surface area contributed by atoms with E-state index in [1.165, 1.54) is 17.4 Å². The number of nitro groups is 1. The number of sulfonamides is 1. The first-order chi connectivity index (χ1) is 13.2. The second-order valence-electron chi connectivity index (χ2n) is 5.53. The zero-order valence-electron chi connectivity index (χ0n) is 14.4. The molecule has 0 saturated heterocycles. The van der Waals surface area contributed by atoms with Crippen molar-refractivity contribution in [1.82, 2.24) is 4.98 Å². The predicted molar refractivity (Wildman–Crippen MR) is 103 cm³/mol. The number of esters is 1. The maximum atomic E-state index is 11.8. The molecule has 0 radical (unpaired) electrons. The normalized spacial score (nSPS) is 11.4. The summed E-state index contributed by atoms with van der Waals surface area (Å²) in [6.45, 7) is 1.96. The summed E-state index contributed by atoms with van der Waals surface area (Å²) in [5.74, 6) is -0.457. The van der Waals surface area contributed by atoms with E-state index in [9.17, 15) is 23.3 Å². The number of ether oxygens (including phenoxy) is 1. The van der Waals surface area contributed by atoms with Crippen molar-refractivity contribution in [2.24, 2.45) is 5.14 Å². The van der Waals surface area contributed by atoms with Gasteiger partial charge in [-0.1, -0.05) is 11.3 Å². The fourth-order valence-corrected chi connectivity index (χ4v) is 3.83. The van der Waals surface area contributed by atoms with Crippen LogP contribution in [0.25, 0.3) is 10.2 Å². The second-order valence-corrected chi connectivity index (χ2v) is 8.12. The minimum atomic E-state index is -4.08. The maximum absolute atomic E-state index is 11.8. The summed E-state index contributed by atoms with van der Waals surface area (Å²) in [6, 6.07) is 8.12. The quantitative estimate of drug-likeness (QED) is 0.349. The molecule has 12 heteroatoms. The van der Waals surface area contributed by atoms with Crippen LogP contribution in [0.2, 0.25) is 0 Å². The van der Waals surface area contributed by atoms with Gasteiger partial charge < -0.3 is 10.1 Å². The Morgan fingerprint density at radius 1 is 1.32 bits per heavy atom. The zero-order valence-corrected chi connectivity index (χ0v) is 16.0. The summed E-state index contributed by atoms with van der Waals surface area (Å²) in [5.41, 5.74) is 0.553. The van der Waals surface area contributed by atoms with E-state index >= 15 is 0 Å². The van der Waals surface area contributed by atoms with E-state index < -0.39 is 26.6 Å². The average molecular weight is 422 g/mol. The highest BCUT2D eigenvalue weighted by Gasteiger charge is 2.20. The number of carbonyl (C=O) groups excluding carboxylic acids is 1. The largest absolute Gasteiger partial charge is 0.462 e. The third kappa shape index (κ3) is 4.08. The number of nitro benzene ring substituents is 1. The SMILES string of the molecule is CCOC(=O)c1ccc2nc(Nc3ccc(S(N)(=O)=O)cc3[N+](=O)[O-])sc2c1. The van der Waals surface area contributed by atoms with E-state index in [1.807, 2.05) is 0 Å². The van der Waals surface area contributed by atoms with Crippen molar-refractivity contribution in [1.29, 1.82) is 0 Å². The van der Waals surface area contributed by atoms with Crippen LogP contribution in [0.1, 0.15) is 17.3 Å². The van der Waals surface area contributed by atoms with Crippen molar-refractivity contribution in [2.75, 3.05) is 11.9 Å². The van der Waals surface area contributed by atoms with Gasteiger partial charge in [-0.3, -0.25) is 10.1 Å². The van der Waals surface area contributed by atoms with Gasteiger partial charge in [0, 0.05) is 6.07 Å². The molecule has 1 aromatic heterocycles. The van der Waals surface area contributed by atoms with Crippen LogP contribution in [-0.4, -0.2) is 30.9 Å². The van der Waals surface area contributed by atoms with E-state index in [1.54, 1.807) is 25.1 Å². The molecule has 0 spiro atoms. The topological polar surface area (TPSA) is 155 Å². The van der Waals surface area contributed by atoms with Gasteiger partial charge >= 0.3 is 5.97 Å². The molecule has 3 N–H and O–H groups in total. The molecule has 3 rings (SSSR count). The second kappa shape index (κ2) is 7.50. The number of nitrogens with two attached hydrogens (primary N) is 1. The Morgan fingerprint density at radius 2 is 2.07 bits per heavy atom. The minimum Gasteiger partial charge on any atom is -0.462 e. The molecule has 0 amide bonds. The lowest BCUT2D eigenvalue weighted by Gasteiger charge is -2.05. The molecule has 0 aliphatic rings. The van der Waals surface area contributed by atoms with Crippen molar-refractivity contribution in [3.05, 3.63) is 52.1 Å².